The zero-order valence-corrected chi connectivity index (χ0v) is 12.3. The molecule has 1 N–H and O–H groups in total. The number of rotatable bonds is 4. The molecule has 2 rings (SSSR count). The van der Waals surface area contributed by atoms with Crippen LogP contribution in [0.1, 0.15) is 27.8 Å². The third-order valence-electron chi connectivity index (χ3n) is 2.67. The zero-order chi connectivity index (χ0) is 12.4. The predicted molar refractivity (Wildman–Crippen MR) is 73.2 cm³/mol. The van der Waals surface area contributed by atoms with Gasteiger partial charge in [0.15, 0.2) is 0 Å². The molecule has 0 amide bonds. The van der Waals surface area contributed by atoms with Gasteiger partial charge in [-0.1, -0.05) is 0 Å². The predicted octanol–water partition coefficient (Wildman–Crippen LogP) is 3.22. The van der Waals surface area contributed by atoms with E-state index in [2.05, 4.69) is 21.0 Å². The Balaban J connectivity index is 1.95. The quantitative estimate of drug-likeness (QED) is 0.941. The van der Waals surface area contributed by atoms with Gasteiger partial charge in [-0.3, -0.25) is 4.68 Å². The molecular weight excluding hydrogens is 300 g/mol. The van der Waals surface area contributed by atoms with Crippen LogP contribution in [0.3, 0.4) is 0 Å². The van der Waals surface area contributed by atoms with E-state index in [9.17, 15) is 5.11 Å². The lowest BCUT2D eigenvalue weighted by Gasteiger charge is -2.06. The molecule has 5 heteroatoms. The van der Waals surface area contributed by atoms with E-state index < -0.39 is 0 Å². The maximum atomic E-state index is 10.1. The molecule has 0 saturated carbocycles. The van der Waals surface area contributed by atoms with E-state index >= 15 is 0 Å². The van der Waals surface area contributed by atoms with Crippen molar-refractivity contribution in [2.45, 2.75) is 25.9 Å². The van der Waals surface area contributed by atoms with Crippen LogP contribution in [0.2, 0.25) is 0 Å². The van der Waals surface area contributed by atoms with Crippen molar-refractivity contribution < 1.29 is 5.11 Å². The minimum Gasteiger partial charge on any atom is -0.388 e. The number of nitrogens with zero attached hydrogens (tertiary/aromatic N) is 2. The molecule has 1 unspecified atom stereocenters. The number of thiophene rings is 1. The highest BCUT2D eigenvalue weighted by Crippen LogP contribution is 2.32. The van der Waals surface area contributed by atoms with Gasteiger partial charge in [0.1, 0.15) is 0 Å². The summed E-state index contributed by atoms with van der Waals surface area (Å²) < 4.78 is 2.87. The smallest absolute Gasteiger partial charge is 0.0885 e. The fraction of sp³-hybridized carbons (Fsp3) is 0.417. The van der Waals surface area contributed by atoms with Crippen LogP contribution in [0.15, 0.2) is 22.9 Å². The van der Waals surface area contributed by atoms with E-state index in [1.54, 1.807) is 16.0 Å². The minimum absolute atomic E-state index is 0.384. The second kappa shape index (κ2) is 5.33. The van der Waals surface area contributed by atoms with E-state index in [0.29, 0.717) is 0 Å². The topological polar surface area (TPSA) is 38.1 Å². The Morgan fingerprint density at radius 3 is 2.88 bits per heavy atom. The van der Waals surface area contributed by atoms with Crippen LogP contribution >= 0.6 is 27.3 Å². The van der Waals surface area contributed by atoms with E-state index in [4.69, 9.17) is 0 Å². The molecular formula is C12H15BrN2OS. The molecule has 2 aromatic heterocycles. The summed E-state index contributed by atoms with van der Waals surface area (Å²) in [5.74, 6) is 0. The molecule has 0 aliphatic carbocycles. The van der Waals surface area contributed by atoms with Crippen LogP contribution in [-0.2, 0) is 13.5 Å². The lowest BCUT2D eigenvalue weighted by atomic mass is 10.1. The number of aliphatic hydroxyl groups is 1. The normalized spacial score (nSPS) is 12.9. The number of aromatic nitrogens is 2. The fourth-order valence-corrected chi connectivity index (χ4v) is 3.27. The van der Waals surface area contributed by atoms with Gasteiger partial charge in [0.05, 0.1) is 12.3 Å². The van der Waals surface area contributed by atoms with Crippen LogP contribution in [0.5, 0.6) is 0 Å². The van der Waals surface area contributed by atoms with Gasteiger partial charge in [0, 0.05) is 27.5 Å². The maximum absolute atomic E-state index is 10.1. The Bertz CT molecular complexity index is 487. The average Bonchev–Trinajstić information content (AvgIpc) is 2.83. The van der Waals surface area contributed by atoms with Gasteiger partial charge in [-0.05, 0) is 47.3 Å². The average molecular weight is 315 g/mol. The first-order valence-electron chi connectivity index (χ1n) is 5.47. The van der Waals surface area contributed by atoms with Gasteiger partial charge < -0.3 is 5.11 Å². The molecule has 3 nitrogen and oxygen atoms in total. The van der Waals surface area contributed by atoms with Gasteiger partial charge in [-0.15, -0.1) is 11.3 Å². The Morgan fingerprint density at radius 2 is 2.35 bits per heavy atom. The SMILES string of the molecule is Cc1sc(C(O)CCc2cnn(C)c2)cc1Br. The Morgan fingerprint density at radius 1 is 1.59 bits per heavy atom. The zero-order valence-electron chi connectivity index (χ0n) is 9.85. The summed E-state index contributed by atoms with van der Waals surface area (Å²) >= 11 is 5.11. The Kier molecular flexibility index (Phi) is 4.01. The van der Waals surface area contributed by atoms with Crippen molar-refractivity contribution in [3.8, 4) is 0 Å². The van der Waals surface area contributed by atoms with Gasteiger partial charge in [0.25, 0.3) is 0 Å². The summed E-state index contributed by atoms with van der Waals surface area (Å²) in [4.78, 5) is 2.23. The van der Waals surface area contributed by atoms with Crippen LogP contribution in [-0.4, -0.2) is 14.9 Å². The summed E-state index contributed by atoms with van der Waals surface area (Å²) in [6, 6.07) is 2.01. The molecule has 0 aliphatic heterocycles. The van der Waals surface area contributed by atoms with Crippen LogP contribution < -0.4 is 0 Å². The molecule has 0 fully saturated rings. The van der Waals surface area contributed by atoms with Crippen molar-refractivity contribution in [2.75, 3.05) is 0 Å². The highest BCUT2D eigenvalue weighted by atomic mass is 79.9. The third-order valence-corrected chi connectivity index (χ3v) is 4.91. The number of aryl methyl sites for hydroxylation is 3. The Hall–Kier alpha value is -0.650. The van der Waals surface area contributed by atoms with Crippen molar-refractivity contribution in [3.63, 3.8) is 0 Å². The molecule has 0 bridgehead atoms. The molecule has 0 spiro atoms. The monoisotopic (exact) mass is 314 g/mol. The van der Waals surface area contributed by atoms with Crippen LogP contribution in [0.25, 0.3) is 0 Å². The van der Waals surface area contributed by atoms with E-state index in [0.717, 1.165) is 22.2 Å². The standard InChI is InChI=1S/C12H15BrN2OS/c1-8-10(13)5-12(17-8)11(16)4-3-9-6-14-15(2)7-9/h5-7,11,16H,3-4H2,1-2H3. The second-order valence-corrected chi connectivity index (χ2v) is 6.27. The van der Waals surface area contributed by atoms with E-state index in [1.165, 1.54) is 10.4 Å². The molecule has 1 atom stereocenters. The van der Waals surface area contributed by atoms with E-state index in [-0.39, 0.29) is 6.10 Å². The minimum atomic E-state index is -0.384. The molecule has 0 aliphatic rings. The van der Waals surface area contributed by atoms with Crippen LogP contribution in [0, 0.1) is 6.92 Å². The van der Waals surface area contributed by atoms with Crippen molar-refractivity contribution in [3.05, 3.63) is 38.3 Å². The second-order valence-electron chi connectivity index (χ2n) is 4.13. The fourth-order valence-electron chi connectivity index (χ4n) is 1.69. The molecule has 0 saturated heterocycles. The molecule has 0 radical (unpaired) electrons. The Labute approximate surface area is 113 Å². The maximum Gasteiger partial charge on any atom is 0.0885 e. The lowest BCUT2D eigenvalue weighted by molar-refractivity contribution is 0.171. The first kappa shape index (κ1) is 12.8. The van der Waals surface area contributed by atoms with E-state index in [1.807, 2.05) is 32.4 Å². The number of aliphatic hydroxyl groups excluding tert-OH is 1. The molecule has 17 heavy (non-hydrogen) atoms. The summed E-state index contributed by atoms with van der Waals surface area (Å²) in [5, 5.41) is 14.2. The van der Waals surface area contributed by atoms with Gasteiger partial charge in [-0.25, -0.2) is 0 Å². The summed E-state index contributed by atoms with van der Waals surface area (Å²) in [6.45, 7) is 2.05. The van der Waals surface area contributed by atoms with Crippen molar-refractivity contribution in [2.24, 2.45) is 7.05 Å². The highest BCUT2D eigenvalue weighted by Gasteiger charge is 2.12. The van der Waals surface area contributed by atoms with Crippen LogP contribution in [0.4, 0.5) is 0 Å². The molecule has 2 heterocycles. The molecule has 92 valence electrons. The summed E-state index contributed by atoms with van der Waals surface area (Å²) in [6.07, 6.45) is 5.04. The largest absolute Gasteiger partial charge is 0.388 e. The van der Waals surface area contributed by atoms with Gasteiger partial charge >= 0.3 is 0 Å². The number of halogens is 1. The molecule has 0 aromatic carbocycles. The first-order chi connectivity index (χ1) is 8.06. The summed E-state index contributed by atoms with van der Waals surface area (Å²) in [5.41, 5.74) is 1.17. The first-order valence-corrected chi connectivity index (χ1v) is 7.08. The molecule has 2 aromatic rings. The summed E-state index contributed by atoms with van der Waals surface area (Å²) in [7, 11) is 1.90. The van der Waals surface area contributed by atoms with Crippen molar-refractivity contribution in [1.82, 2.24) is 9.78 Å². The number of hydrogen-bond donors (Lipinski definition) is 1. The lowest BCUT2D eigenvalue weighted by Crippen LogP contribution is -1.96. The highest BCUT2D eigenvalue weighted by molar-refractivity contribution is 9.10. The van der Waals surface area contributed by atoms with Crippen molar-refractivity contribution >= 4 is 27.3 Å². The number of hydrogen-bond acceptors (Lipinski definition) is 3. The third kappa shape index (κ3) is 3.18. The van der Waals surface area contributed by atoms with Gasteiger partial charge in [-0.2, -0.15) is 5.10 Å². The van der Waals surface area contributed by atoms with Gasteiger partial charge in [0.2, 0.25) is 0 Å². The van der Waals surface area contributed by atoms with Crippen molar-refractivity contribution in [1.29, 1.82) is 0 Å².